The van der Waals surface area contributed by atoms with Crippen LogP contribution in [-0.4, -0.2) is 28.9 Å². The molecule has 0 unspecified atom stereocenters. The Morgan fingerprint density at radius 3 is 2.85 bits per heavy atom. The van der Waals surface area contributed by atoms with Gasteiger partial charge in [0, 0.05) is 18.1 Å². The third-order valence-corrected chi connectivity index (χ3v) is 3.60. The fourth-order valence-electron chi connectivity index (χ4n) is 1.77. The lowest BCUT2D eigenvalue weighted by Crippen LogP contribution is -1.92. The summed E-state index contributed by atoms with van der Waals surface area (Å²) in [7, 11) is 3.43. The number of nitrogens with zero attached hydrogens (tertiary/aromatic N) is 2. The fraction of sp³-hybridized carbons (Fsp3) is 0.200. The summed E-state index contributed by atoms with van der Waals surface area (Å²) >= 11 is 1.63. The van der Waals surface area contributed by atoms with Crippen LogP contribution in [0.15, 0.2) is 41.6 Å². The van der Waals surface area contributed by atoms with Crippen LogP contribution < -0.4 is 4.74 Å². The lowest BCUT2D eigenvalue weighted by Gasteiger charge is -2.06. The molecule has 1 aromatic heterocycles. The molecule has 1 heterocycles. The highest BCUT2D eigenvalue weighted by atomic mass is 32.2. The van der Waals surface area contributed by atoms with Crippen LogP contribution in [0, 0.1) is 0 Å². The van der Waals surface area contributed by atoms with Crippen molar-refractivity contribution < 1.29 is 9.53 Å². The molecular formula is C15H16N2O2S. The van der Waals surface area contributed by atoms with Crippen molar-refractivity contribution in [2.24, 2.45) is 7.05 Å². The molecule has 0 radical (unpaired) electrons. The van der Waals surface area contributed by atoms with Crippen molar-refractivity contribution in [1.82, 2.24) is 9.78 Å². The van der Waals surface area contributed by atoms with E-state index in [9.17, 15) is 4.79 Å². The van der Waals surface area contributed by atoms with Crippen molar-refractivity contribution in [1.29, 1.82) is 0 Å². The van der Waals surface area contributed by atoms with Gasteiger partial charge < -0.3 is 4.74 Å². The van der Waals surface area contributed by atoms with Crippen LogP contribution in [0.5, 0.6) is 5.75 Å². The Hall–Kier alpha value is -2.01. The van der Waals surface area contributed by atoms with E-state index in [2.05, 4.69) is 5.10 Å². The number of aromatic nitrogens is 2. The molecule has 0 N–H and O–H groups in total. The zero-order valence-electron chi connectivity index (χ0n) is 11.7. The number of aryl methyl sites for hydroxylation is 1. The number of rotatable bonds is 5. The number of thioether (sulfide) groups is 1. The molecule has 0 aliphatic carbocycles. The monoisotopic (exact) mass is 288 g/mol. The van der Waals surface area contributed by atoms with E-state index in [1.807, 2.05) is 24.5 Å². The van der Waals surface area contributed by atoms with Crippen molar-refractivity contribution in [2.75, 3.05) is 13.4 Å². The van der Waals surface area contributed by atoms with E-state index >= 15 is 0 Å². The molecule has 0 bridgehead atoms. The summed E-state index contributed by atoms with van der Waals surface area (Å²) in [5.41, 5.74) is 1.51. The molecule has 0 saturated carbocycles. The maximum atomic E-state index is 11.9. The lowest BCUT2D eigenvalue weighted by molar-refractivity contribution is 0.104. The molecule has 2 rings (SSSR count). The Morgan fingerprint density at radius 1 is 1.45 bits per heavy atom. The van der Waals surface area contributed by atoms with Crippen molar-refractivity contribution in [3.05, 3.63) is 47.8 Å². The summed E-state index contributed by atoms with van der Waals surface area (Å²) in [6.07, 6.45) is 8.58. The number of ether oxygens (including phenoxy) is 1. The number of carbonyl (C=O) groups excluding carboxylic acids is 1. The predicted molar refractivity (Wildman–Crippen MR) is 81.3 cm³/mol. The van der Waals surface area contributed by atoms with E-state index in [1.165, 1.54) is 0 Å². The van der Waals surface area contributed by atoms with Crippen molar-refractivity contribution in [2.45, 2.75) is 4.90 Å². The smallest absolute Gasteiger partial charge is 0.189 e. The molecule has 0 fully saturated rings. The second-order valence-electron chi connectivity index (χ2n) is 4.21. The van der Waals surface area contributed by atoms with Gasteiger partial charge in [-0.2, -0.15) is 5.10 Å². The summed E-state index contributed by atoms with van der Waals surface area (Å²) in [5, 5.41) is 3.98. The fourth-order valence-corrected chi connectivity index (χ4v) is 2.32. The molecule has 4 nitrogen and oxygen atoms in total. The number of hydrogen-bond acceptors (Lipinski definition) is 4. The normalized spacial score (nSPS) is 10.9. The molecular weight excluding hydrogens is 272 g/mol. The topological polar surface area (TPSA) is 44.1 Å². The third-order valence-electron chi connectivity index (χ3n) is 2.82. The van der Waals surface area contributed by atoms with Crippen LogP contribution in [0.1, 0.15) is 15.9 Å². The highest BCUT2D eigenvalue weighted by Gasteiger charge is 2.05. The number of benzene rings is 1. The van der Waals surface area contributed by atoms with Gasteiger partial charge in [0.25, 0.3) is 0 Å². The summed E-state index contributed by atoms with van der Waals surface area (Å²) < 4.78 is 6.93. The van der Waals surface area contributed by atoms with Gasteiger partial charge in [-0.15, -0.1) is 11.8 Å². The molecule has 0 spiro atoms. The molecule has 1 aromatic carbocycles. The molecule has 0 amide bonds. The molecule has 0 saturated heterocycles. The summed E-state index contributed by atoms with van der Waals surface area (Å²) in [5.74, 6) is 0.750. The van der Waals surface area contributed by atoms with E-state index in [0.717, 1.165) is 16.2 Å². The average molecular weight is 288 g/mol. The summed E-state index contributed by atoms with van der Waals surface area (Å²) in [6.45, 7) is 0. The minimum Gasteiger partial charge on any atom is -0.496 e. The zero-order valence-corrected chi connectivity index (χ0v) is 12.5. The molecule has 20 heavy (non-hydrogen) atoms. The largest absolute Gasteiger partial charge is 0.496 e. The van der Waals surface area contributed by atoms with Gasteiger partial charge in [-0.25, -0.2) is 0 Å². The quantitative estimate of drug-likeness (QED) is 0.482. The Kier molecular flexibility index (Phi) is 4.63. The second kappa shape index (κ2) is 6.43. The van der Waals surface area contributed by atoms with Crippen LogP contribution in [-0.2, 0) is 7.05 Å². The SMILES string of the molecule is COc1cc(/C=C\C(=O)c2cnn(C)c2)ccc1SC. The number of methoxy groups -OCH3 is 1. The van der Waals surface area contributed by atoms with Gasteiger partial charge >= 0.3 is 0 Å². The number of hydrogen-bond donors (Lipinski definition) is 0. The van der Waals surface area contributed by atoms with Crippen LogP contribution >= 0.6 is 11.8 Å². The first-order chi connectivity index (χ1) is 9.63. The van der Waals surface area contributed by atoms with E-state index in [1.54, 1.807) is 55.1 Å². The van der Waals surface area contributed by atoms with E-state index in [0.29, 0.717) is 5.56 Å². The van der Waals surface area contributed by atoms with Gasteiger partial charge in [0.1, 0.15) is 5.75 Å². The molecule has 5 heteroatoms. The van der Waals surface area contributed by atoms with Crippen molar-refractivity contribution >= 4 is 23.6 Å². The first-order valence-electron chi connectivity index (χ1n) is 6.07. The standard InChI is InChI=1S/C15H16N2O2S/c1-17-10-12(9-16-17)13(18)6-4-11-5-7-15(20-3)14(8-11)19-2/h4-10H,1-3H3/b6-4-. The van der Waals surface area contributed by atoms with Gasteiger partial charge in [0.15, 0.2) is 5.78 Å². The second-order valence-corrected chi connectivity index (χ2v) is 5.06. The number of allylic oxidation sites excluding steroid dienone is 1. The Balaban J connectivity index is 2.17. The Labute approximate surface area is 122 Å². The van der Waals surface area contributed by atoms with Gasteiger partial charge in [-0.3, -0.25) is 9.48 Å². The maximum absolute atomic E-state index is 11.9. The number of carbonyl (C=O) groups is 1. The first-order valence-corrected chi connectivity index (χ1v) is 7.29. The van der Waals surface area contributed by atoms with Crippen molar-refractivity contribution in [3.8, 4) is 5.75 Å². The highest BCUT2D eigenvalue weighted by molar-refractivity contribution is 7.98. The minimum atomic E-state index is -0.0639. The van der Waals surface area contributed by atoms with E-state index in [4.69, 9.17) is 4.74 Å². The van der Waals surface area contributed by atoms with E-state index < -0.39 is 0 Å². The molecule has 104 valence electrons. The van der Waals surface area contributed by atoms with Gasteiger partial charge in [-0.05, 0) is 30.0 Å². The lowest BCUT2D eigenvalue weighted by atomic mass is 10.1. The minimum absolute atomic E-state index is 0.0639. The summed E-state index contributed by atoms with van der Waals surface area (Å²) in [4.78, 5) is 13.0. The first kappa shape index (κ1) is 14.4. The maximum Gasteiger partial charge on any atom is 0.189 e. The van der Waals surface area contributed by atoms with E-state index in [-0.39, 0.29) is 5.78 Å². The molecule has 2 aromatic rings. The van der Waals surface area contributed by atoms with Crippen LogP contribution in [0.25, 0.3) is 6.08 Å². The zero-order chi connectivity index (χ0) is 14.5. The predicted octanol–water partition coefficient (Wildman–Crippen LogP) is 3.05. The Morgan fingerprint density at radius 2 is 2.25 bits per heavy atom. The van der Waals surface area contributed by atoms with Crippen LogP contribution in [0.2, 0.25) is 0 Å². The Bertz CT molecular complexity index is 647. The van der Waals surface area contributed by atoms with Crippen LogP contribution in [0.3, 0.4) is 0 Å². The van der Waals surface area contributed by atoms with Crippen LogP contribution in [0.4, 0.5) is 0 Å². The molecule has 0 aliphatic heterocycles. The molecule has 0 atom stereocenters. The average Bonchev–Trinajstić information content (AvgIpc) is 2.91. The van der Waals surface area contributed by atoms with Crippen molar-refractivity contribution in [3.63, 3.8) is 0 Å². The highest BCUT2D eigenvalue weighted by Crippen LogP contribution is 2.28. The summed E-state index contributed by atoms with van der Waals surface area (Å²) in [6, 6.07) is 5.86. The van der Waals surface area contributed by atoms with Gasteiger partial charge in [-0.1, -0.05) is 12.1 Å². The van der Waals surface area contributed by atoms with Gasteiger partial charge in [0.2, 0.25) is 0 Å². The third kappa shape index (κ3) is 3.30. The van der Waals surface area contributed by atoms with Gasteiger partial charge in [0.05, 0.1) is 18.9 Å². The number of ketones is 1. The molecule has 0 aliphatic rings.